The Balaban J connectivity index is 1.55. The van der Waals surface area contributed by atoms with E-state index in [-0.39, 0.29) is 17.3 Å². The summed E-state index contributed by atoms with van der Waals surface area (Å²) in [6, 6.07) is 19.4. The third-order valence-electron chi connectivity index (χ3n) is 6.59. The highest BCUT2D eigenvalue weighted by atomic mass is 16.3. The number of nitrogens with zero attached hydrogens (tertiary/aromatic N) is 2. The van der Waals surface area contributed by atoms with Crippen LogP contribution in [-0.2, 0) is 9.59 Å². The average molecular weight is 463 g/mol. The van der Waals surface area contributed by atoms with Gasteiger partial charge in [0.05, 0.1) is 22.9 Å². The molecule has 172 valence electrons. The van der Waals surface area contributed by atoms with Gasteiger partial charge in [0.25, 0.3) is 5.78 Å². The minimum Gasteiger partial charge on any atom is -0.507 e. The Morgan fingerprint density at radius 3 is 2.51 bits per heavy atom. The lowest BCUT2D eigenvalue weighted by Gasteiger charge is -2.20. The van der Waals surface area contributed by atoms with Gasteiger partial charge < -0.3 is 14.5 Å². The molecule has 0 aliphatic carbocycles. The van der Waals surface area contributed by atoms with E-state index in [0.717, 1.165) is 27.4 Å². The number of anilines is 1. The van der Waals surface area contributed by atoms with E-state index in [0.29, 0.717) is 16.8 Å². The second-order valence-electron chi connectivity index (χ2n) is 8.76. The number of aliphatic hydroxyl groups is 1. The monoisotopic (exact) mass is 463 g/mol. The van der Waals surface area contributed by atoms with E-state index in [2.05, 4.69) is 9.97 Å². The molecule has 1 aliphatic heterocycles. The number of imidazole rings is 1. The van der Waals surface area contributed by atoms with Crippen molar-refractivity contribution in [2.24, 2.45) is 0 Å². The van der Waals surface area contributed by atoms with Crippen molar-refractivity contribution in [2.75, 3.05) is 4.90 Å². The van der Waals surface area contributed by atoms with Crippen molar-refractivity contribution < 1.29 is 19.1 Å². The highest BCUT2D eigenvalue weighted by molar-refractivity contribution is 6.51. The van der Waals surface area contributed by atoms with Crippen LogP contribution in [0.25, 0.3) is 27.6 Å². The van der Waals surface area contributed by atoms with Crippen LogP contribution in [0.3, 0.4) is 0 Å². The first-order chi connectivity index (χ1) is 16.9. The number of nitrogens with one attached hydrogen (secondary N) is 1. The molecule has 3 heterocycles. The second-order valence-corrected chi connectivity index (χ2v) is 8.76. The summed E-state index contributed by atoms with van der Waals surface area (Å²) in [4.78, 5) is 35.6. The van der Waals surface area contributed by atoms with Gasteiger partial charge in [-0.3, -0.25) is 14.5 Å². The molecule has 5 aromatic rings. The fourth-order valence-electron chi connectivity index (χ4n) is 4.63. The molecule has 1 atom stereocenters. The van der Waals surface area contributed by atoms with Crippen LogP contribution < -0.4 is 4.90 Å². The lowest BCUT2D eigenvalue weighted by Crippen LogP contribution is -2.30. The number of Topliss-reactive ketones (excluding diaryl/α,β-unsaturated/α-hetero) is 1. The van der Waals surface area contributed by atoms with Crippen LogP contribution in [0.5, 0.6) is 0 Å². The van der Waals surface area contributed by atoms with Crippen LogP contribution in [-0.4, -0.2) is 26.8 Å². The van der Waals surface area contributed by atoms with Crippen LogP contribution in [0.2, 0.25) is 0 Å². The molecule has 3 aromatic carbocycles. The normalized spacial score (nSPS) is 17.7. The lowest BCUT2D eigenvalue weighted by atomic mass is 9.98. The first-order valence-corrected chi connectivity index (χ1v) is 11.2. The molecule has 1 aliphatic rings. The van der Waals surface area contributed by atoms with E-state index in [1.165, 1.54) is 11.2 Å². The zero-order chi connectivity index (χ0) is 24.3. The Hall–Kier alpha value is -4.65. The molecule has 0 spiro atoms. The topological polar surface area (TPSA) is 99.4 Å². The smallest absolute Gasteiger partial charge is 0.302 e. The third-order valence-corrected chi connectivity index (χ3v) is 6.59. The summed E-state index contributed by atoms with van der Waals surface area (Å²) >= 11 is 0. The summed E-state index contributed by atoms with van der Waals surface area (Å²) < 4.78 is 5.63. The molecule has 1 saturated heterocycles. The van der Waals surface area contributed by atoms with Crippen LogP contribution in [0, 0.1) is 13.8 Å². The number of aliphatic hydroxyl groups excluding tert-OH is 1. The minimum absolute atomic E-state index is 0.0481. The third kappa shape index (κ3) is 3.24. The zero-order valence-corrected chi connectivity index (χ0v) is 19.1. The van der Waals surface area contributed by atoms with Gasteiger partial charge in [-0.1, -0.05) is 36.4 Å². The van der Waals surface area contributed by atoms with E-state index in [4.69, 9.17) is 4.42 Å². The van der Waals surface area contributed by atoms with Gasteiger partial charge in [0, 0.05) is 5.56 Å². The Labute approximate surface area is 200 Å². The van der Waals surface area contributed by atoms with Gasteiger partial charge in [-0.05, 0) is 66.1 Å². The molecule has 1 unspecified atom stereocenters. The van der Waals surface area contributed by atoms with Gasteiger partial charge in [-0.2, -0.15) is 0 Å². The van der Waals surface area contributed by atoms with Crippen molar-refractivity contribution in [2.45, 2.75) is 19.9 Å². The van der Waals surface area contributed by atoms with Gasteiger partial charge in [-0.15, -0.1) is 0 Å². The number of carbonyl (C=O) groups excluding carboxylic acids is 2. The van der Waals surface area contributed by atoms with Crippen molar-refractivity contribution in [3.8, 4) is 0 Å². The quantitative estimate of drug-likeness (QED) is 0.208. The molecular formula is C28H21N3O4. The number of carbonyl (C=O) groups is 2. The first kappa shape index (κ1) is 20.9. The number of amides is 1. The number of hydrogen-bond acceptors (Lipinski definition) is 5. The number of fused-ring (bicyclic) bond motifs is 2. The maximum Gasteiger partial charge on any atom is 0.302 e. The van der Waals surface area contributed by atoms with Crippen LogP contribution in [0.1, 0.15) is 28.5 Å². The molecule has 2 N–H and O–H groups in total. The Morgan fingerprint density at radius 1 is 0.971 bits per heavy atom. The molecule has 7 heteroatoms. The second kappa shape index (κ2) is 7.70. The molecule has 2 aromatic heterocycles. The van der Waals surface area contributed by atoms with E-state index in [1.54, 1.807) is 24.3 Å². The number of furan rings is 1. The minimum atomic E-state index is -0.973. The van der Waals surface area contributed by atoms with E-state index >= 15 is 0 Å². The van der Waals surface area contributed by atoms with Crippen molar-refractivity contribution in [3.05, 3.63) is 101 Å². The van der Waals surface area contributed by atoms with E-state index in [1.807, 2.05) is 56.3 Å². The number of benzene rings is 3. The summed E-state index contributed by atoms with van der Waals surface area (Å²) in [5, 5.41) is 13.2. The molecule has 0 saturated carbocycles. The van der Waals surface area contributed by atoms with Gasteiger partial charge >= 0.3 is 5.91 Å². The summed E-state index contributed by atoms with van der Waals surface area (Å²) in [7, 11) is 0. The Bertz CT molecular complexity index is 1640. The predicted octanol–water partition coefficient (Wildman–Crippen LogP) is 5.55. The molecule has 6 rings (SSSR count). The number of aromatic amines is 1. The summed E-state index contributed by atoms with van der Waals surface area (Å²) in [6.45, 7) is 3.98. The molecule has 1 amide bonds. The van der Waals surface area contributed by atoms with Crippen LogP contribution in [0.15, 0.2) is 83.0 Å². The molecule has 0 bridgehead atoms. The van der Waals surface area contributed by atoms with Crippen molar-refractivity contribution in [1.29, 1.82) is 0 Å². The van der Waals surface area contributed by atoms with Crippen LogP contribution >= 0.6 is 0 Å². The van der Waals surface area contributed by atoms with Gasteiger partial charge in [0.15, 0.2) is 0 Å². The first-order valence-electron chi connectivity index (χ1n) is 11.2. The average Bonchev–Trinajstić information content (AvgIpc) is 3.58. The molecule has 0 radical (unpaired) electrons. The Morgan fingerprint density at radius 2 is 1.74 bits per heavy atom. The number of aryl methyl sites for hydroxylation is 2. The molecule has 1 fully saturated rings. The summed E-state index contributed by atoms with van der Waals surface area (Å²) in [5.74, 6) is -1.29. The summed E-state index contributed by atoms with van der Waals surface area (Å²) in [5.41, 5.74) is 3.96. The Kier molecular flexibility index (Phi) is 4.60. The van der Waals surface area contributed by atoms with E-state index < -0.39 is 17.7 Å². The van der Waals surface area contributed by atoms with Crippen LogP contribution in [0.4, 0.5) is 5.95 Å². The number of aromatic nitrogens is 2. The number of H-pyrrole nitrogens is 1. The van der Waals surface area contributed by atoms with Crippen molar-refractivity contribution in [3.63, 3.8) is 0 Å². The molecule has 7 nitrogen and oxygen atoms in total. The highest BCUT2D eigenvalue weighted by Gasteiger charge is 2.49. The largest absolute Gasteiger partial charge is 0.507 e. The predicted molar refractivity (Wildman–Crippen MR) is 133 cm³/mol. The summed E-state index contributed by atoms with van der Waals surface area (Å²) in [6.07, 6.45) is 1.47. The van der Waals surface area contributed by atoms with E-state index in [9.17, 15) is 14.7 Å². The number of ketones is 1. The van der Waals surface area contributed by atoms with Gasteiger partial charge in [0.1, 0.15) is 17.6 Å². The number of hydrogen-bond donors (Lipinski definition) is 2. The standard InChI is InChI=1S/C28H21N3O4/c1-15-12-20-21(13-16(15)2)30-28(29-20)31-24(22-8-5-11-35-22)23(26(33)27(31)34)25(32)19-10-9-17-6-3-4-7-18(17)14-19/h3-14,24,32H,1-2H3,(H,29,30)/b25-23+. The molecular weight excluding hydrogens is 442 g/mol. The van der Waals surface area contributed by atoms with Gasteiger partial charge in [-0.25, -0.2) is 4.98 Å². The lowest BCUT2D eigenvalue weighted by molar-refractivity contribution is -0.132. The zero-order valence-electron chi connectivity index (χ0n) is 19.1. The SMILES string of the molecule is Cc1cc2nc(N3C(=O)C(=O)/C(=C(/O)c4ccc5ccccc5c4)C3c3ccco3)[nH]c2cc1C. The maximum atomic E-state index is 13.3. The maximum absolute atomic E-state index is 13.3. The highest BCUT2D eigenvalue weighted by Crippen LogP contribution is 2.42. The molecule has 35 heavy (non-hydrogen) atoms. The fraction of sp³-hybridized carbons (Fsp3) is 0.107. The number of rotatable bonds is 3. The van der Waals surface area contributed by atoms with Gasteiger partial charge in [0.2, 0.25) is 5.95 Å². The fourth-order valence-corrected chi connectivity index (χ4v) is 4.63. The van der Waals surface area contributed by atoms with Crippen molar-refractivity contribution in [1.82, 2.24) is 9.97 Å². The van der Waals surface area contributed by atoms with Crippen molar-refractivity contribution >= 4 is 45.2 Å².